The van der Waals surface area contributed by atoms with Crippen LogP contribution in [0.1, 0.15) is 12.5 Å². The number of hydrogen-bond donors (Lipinski definition) is 2. The van der Waals surface area contributed by atoms with E-state index in [1.807, 2.05) is 0 Å². The van der Waals surface area contributed by atoms with E-state index in [1.54, 1.807) is 30.3 Å². The molecule has 0 spiro atoms. The molecule has 0 aliphatic heterocycles. The van der Waals surface area contributed by atoms with Crippen molar-refractivity contribution in [1.29, 1.82) is 0 Å². The van der Waals surface area contributed by atoms with E-state index >= 15 is 0 Å². The van der Waals surface area contributed by atoms with Gasteiger partial charge in [0.2, 0.25) is 0 Å². The summed E-state index contributed by atoms with van der Waals surface area (Å²) in [4.78, 5) is 24.1. The summed E-state index contributed by atoms with van der Waals surface area (Å²) in [7, 11) is 1.42. The second kappa shape index (κ2) is 9.30. The van der Waals surface area contributed by atoms with Gasteiger partial charge in [-0.2, -0.15) is 0 Å². The minimum atomic E-state index is -1.05. The minimum absolute atomic E-state index is 0.0119. The molecule has 27 heavy (non-hydrogen) atoms. The van der Waals surface area contributed by atoms with Crippen molar-refractivity contribution in [3.63, 3.8) is 0 Å². The van der Waals surface area contributed by atoms with Crippen LogP contribution in [-0.2, 0) is 14.3 Å². The van der Waals surface area contributed by atoms with E-state index < -0.39 is 18.0 Å². The summed E-state index contributed by atoms with van der Waals surface area (Å²) in [5.74, 6) is -0.993. The standard InChI is InChI=1S/C19H17Cl2NO5/c1-11(19(25)22-14-5-3-4-13(20)18(14)21)27-17(24)9-7-12-6-8-15(23)16(10-12)26-2/h3-11,23H,1-2H3,(H,22,25)/b9-7+/t11-/m1/s1. The van der Waals surface area contributed by atoms with E-state index in [0.717, 1.165) is 0 Å². The Morgan fingerprint density at radius 2 is 1.96 bits per heavy atom. The lowest BCUT2D eigenvalue weighted by Gasteiger charge is -2.13. The fraction of sp³-hybridized carbons (Fsp3) is 0.158. The number of ether oxygens (including phenoxy) is 2. The SMILES string of the molecule is COc1cc(/C=C/C(=O)O[C@H](C)C(=O)Nc2cccc(Cl)c2Cl)ccc1O. The van der Waals surface area contributed by atoms with Gasteiger partial charge in [-0.3, -0.25) is 4.79 Å². The molecule has 0 bridgehead atoms. The van der Waals surface area contributed by atoms with Gasteiger partial charge in [0.15, 0.2) is 17.6 Å². The molecule has 2 aromatic carbocycles. The lowest BCUT2D eigenvalue weighted by atomic mass is 10.2. The number of amides is 1. The van der Waals surface area contributed by atoms with Crippen LogP contribution >= 0.6 is 23.2 Å². The molecule has 0 unspecified atom stereocenters. The summed E-state index contributed by atoms with van der Waals surface area (Å²) in [6.07, 6.45) is 1.59. The Balaban J connectivity index is 1.96. The number of carbonyl (C=O) groups is 2. The Morgan fingerprint density at radius 3 is 2.67 bits per heavy atom. The molecule has 1 amide bonds. The third-order valence-electron chi connectivity index (χ3n) is 3.49. The topological polar surface area (TPSA) is 84.9 Å². The van der Waals surface area contributed by atoms with Gasteiger partial charge in [0.05, 0.1) is 22.8 Å². The van der Waals surface area contributed by atoms with E-state index in [9.17, 15) is 14.7 Å². The van der Waals surface area contributed by atoms with E-state index in [0.29, 0.717) is 16.3 Å². The van der Waals surface area contributed by atoms with Gasteiger partial charge in [0, 0.05) is 6.08 Å². The highest BCUT2D eigenvalue weighted by Crippen LogP contribution is 2.29. The number of nitrogens with one attached hydrogen (secondary N) is 1. The first-order valence-electron chi connectivity index (χ1n) is 7.82. The third-order valence-corrected chi connectivity index (χ3v) is 4.31. The highest BCUT2D eigenvalue weighted by molar-refractivity contribution is 6.44. The molecule has 6 nitrogen and oxygen atoms in total. The highest BCUT2D eigenvalue weighted by Gasteiger charge is 2.18. The lowest BCUT2D eigenvalue weighted by Crippen LogP contribution is -2.29. The van der Waals surface area contributed by atoms with Gasteiger partial charge in [-0.25, -0.2) is 4.79 Å². The van der Waals surface area contributed by atoms with Crippen molar-refractivity contribution in [2.24, 2.45) is 0 Å². The number of esters is 1. The highest BCUT2D eigenvalue weighted by atomic mass is 35.5. The first-order valence-corrected chi connectivity index (χ1v) is 8.58. The molecule has 142 valence electrons. The van der Waals surface area contributed by atoms with Crippen LogP contribution in [0.2, 0.25) is 10.0 Å². The number of carbonyl (C=O) groups excluding carboxylic acids is 2. The number of halogens is 2. The van der Waals surface area contributed by atoms with Crippen LogP contribution in [0.3, 0.4) is 0 Å². The molecule has 0 aromatic heterocycles. The van der Waals surface area contributed by atoms with Crippen LogP contribution in [0.25, 0.3) is 6.08 Å². The quantitative estimate of drug-likeness (QED) is 0.548. The number of aromatic hydroxyl groups is 1. The first kappa shape index (κ1) is 20.6. The molecule has 8 heteroatoms. The van der Waals surface area contributed by atoms with Gasteiger partial charge < -0.3 is 19.9 Å². The van der Waals surface area contributed by atoms with E-state index in [1.165, 1.54) is 32.3 Å². The molecule has 0 fully saturated rings. The van der Waals surface area contributed by atoms with Gasteiger partial charge in [0.25, 0.3) is 5.91 Å². The summed E-state index contributed by atoms with van der Waals surface area (Å²) < 4.78 is 10.1. The van der Waals surface area contributed by atoms with E-state index in [2.05, 4.69) is 5.32 Å². The molecule has 0 radical (unpaired) electrons. The Bertz CT molecular complexity index is 882. The summed E-state index contributed by atoms with van der Waals surface area (Å²) >= 11 is 11.9. The van der Waals surface area contributed by atoms with Crippen molar-refractivity contribution in [2.75, 3.05) is 12.4 Å². The van der Waals surface area contributed by atoms with Crippen LogP contribution < -0.4 is 10.1 Å². The fourth-order valence-corrected chi connectivity index (χ4v) is 2.41. The molecular weight excluding hydrogens is 393 g/mol. The van der Waals surface area contributed by atoms with Gasteiger partial charge in [-0.1, -0.05) is 35.3 Å². The molecule has 2 aromatic rings. The number of anilines is 1. The maximum atomic E-state index is 12.1. The van der Waals surface area contributed by atoms with Gasteiger partial charge in [0.1, 0.15) is 0 Å². The maximum absolute atomic E-state index is 12.1. The zero-order valence-electron chi connectivity index (χ0n) is 14.5. The van der Waals surface area contributed by atoms with Crippen molar-refractivity contribution >= 4 is 46.8 Å². The van der Waals surface area contributed by atoms with Crippen LogP contribution in [0.5, 0.6) is 11.5 Å². The molecule has 0 aliphatic carbocycles. The lowest BCUT2D eigenvalue weighted by molar-refractivity contribution is -0.148. The van der Waals surface area contributed by atoms with Crippen molar-refractivity contribution in [2.45, 2.75) is 13.0 Å². The molecule has 0 saturated carbocycles. The Hall–Kier alpha value is -2.70. The van der Waals surface area contributed by atoms with E-state index in [4.69, 9.17) is 32.7 Å². The first-order chi connectivity index (χ1) is 12.8. The molecule has 0 saturated heterocycles. The largest absolute Gasteiger partial charge is 0.504 e. The third kappa shape index (κ3) is 5.64. The minimum Gasteiger partial charge on any atom is -0.504 e. The molecule has 0 aliphatic rings. The summed E-state index contributed by atoms with van der Waals surface area (Å²) in [6, 6.07) is 9.39. The monoisotopic (exact) mass is 409 g/mol. The zero-order chi connectivity index (χ0) is 20.0. The Morgan fingerprint density at radius 1 is 1.22 bits per heavy atom. The number of benzene rings is 2. The fourth-order valence-electron chi connectivity index (χ4n) is 2.06. The second-order valence-corrected chi connectivity index (χ2v) is 6.22. The molecule has 2 rings (SSSR count). The number of methoxy groups -OCH3 is 1. The maximum Gasteiger partial charge on any atom is 0.331 e. The Labute approximate surface area is 166 Å². The Kier molecular flexibility index (Phi) is 7.10. The molecular formula is C19H17Cl2NO5. The predicted octanol–water partition coefficient (Wildman–Crippen LogP) is 4.29. The average molecular weight is 410 g/mol. The summed E-state index contributed by atoms with van der Waals surface area (Å²) in [6.45, 7) is 1.43. The van der Waals surface area contributed by atoms with Gasteiger partial charge in [-0.05, 0) is 42.8 Å². The molecule has 0 heterocycles. The van der Waals surface area contributed by atoms with E-state index in [-0.39, 0.29) is 16.5 Å². The van der Waals surface area contributed by atoms with Crippen LogP contribution in [-0.4, -0.2) is 30.2 Å². The number of phenols is 1. The molecule has 2 N–H and O–H groups in total. The second-order valence-electron chi connectivity index (χ2n) is 5.43. The van der Waals surface area contributed by atoms with Crippen molar-refractivity contribution < 1.29 is 24.2 Å². The van der Waals surface area contributed by atoms with Crippen LogP contribution in [0, 0.1) is 0 Å². The van der Waals surface area contributed by atoms with Crippen LogP contribution in [0.15, 0.2) is 42.5 Å². The number of hydrogen-bond acceptors (Lipinski definition) is 5. The van der Waals surface area contributed by atoms with Crippen molar-refractivity contribution in [1.82, 2.24) is 0 Å². The number of rotatable bonds is 6. The van der Waals surface area contributed by atoms with Crippen LogP contribution in [0.4, 0.5) is 5.69 Å². The number of phenolic OH excluding ortho intramolecular Hbond substituents is 1. The average Bonchev–Trinajstić information content (AvgIpc) is 2.64. The van der Waals surface area contributed by atoms with Crippen molar-refractivity contribution in [3.05, 3.63) is 58.1 Å². The predicted molar refractivity (Wildman–Crippen MR) is 104 cm³/mol. The summed E-state index contributed by atoms with van der Waals surface area (Å²) in [5.41, 5.74) is 0.938. The van der Waals surface area contributed by atoms with Gasteiger partial charge in [-0.15, -0.1) is 0 Å². The normalized spacial score (nSPS) is 11.9. The van der Waals surface area contributed by atoms with Gasteiger partial charge >= 0.3 is 5.97 Å². The molecule has 1 atom stereocenters. The summed E-state index contributed by atoms with van der Waals surface area (Å²) in [5, 5.41) is 12.6. The zero-order valence-corrected chi connectivity index (χ0v) is 16.0. The smallest absolute Gasteiger partial charge is 0.331 e. The van der Waals surface area contributed by atoms with Crippen molar-refractivity contribution in [3.8, 4) is 11.5 Å².